The van der Waals surface area contributed by atoms with Gasteiger partial charge in [-0.1, -0.05) is 30.3 Å². The van der Waals surface area contributed by atoms with Gasteiger partial charge in [0.05, 0.1) is 13.0 Å². The second-order valence-corrected chi connectivity index (χ2v) is 7.40. The molecular weight excluding hydrogens is 370 g/mol. The number of amides is 1. The molecule has 0 aliphatic carbocycles. The van der Waals surface area contributed by atoms with E-state index in [4.69, 9.17) is 8.92 Å². The molecule has 0 aliphatic heterocycles. The van der Waals surface area contributed by atoms with Crippen LogP contribution in [0, 0.1) is 5.92 Å². The van der Waals surface area contributed by atoms with Crippen LogP contribution in [0.4, 0.5) is 0 Å². The Labute approximate surface area is 158 Å². The average molecular weight is 391 g/mol. The van der Waals surface area contributed by atoms with Gasteiger partial charge in [0, 0.05) is 13.5 Å². The third-order valence-corrected chi connectivity index (χ3v) is 5.04. The van der Waals surface area contributed by atoms with Gasteiger partial charge in [-0.25, -0.2) is 0 Å². The summed E-state index contributed by atoms with van der Waals surface area (Å²) in [6, 6.07) is 14.2. The summed E-state index contributed by atoms with van der Waals surface area (Å²) in [5.41, 5.74) is 0.778. The zero-order valence-electron chi connectivity index (χ0n) is 15.0. The molecule has 2 rings (SSSR count). The highest BCUT2D eigenvalue weighted by Gasteiger charge is 2.20. The molecule has 0 heterocycles. The van der Waals surface area contributed by atoms with Crippen molar-refractivity contribution in [3.8, 4) is 5.75 Å². The van der Waals surface area contributed by atoms with Crippen LogP contribution < -0.4 is 9.50 Å². The highest BCUT2D eigenvalue weighted by atomic mass is 32.2. The molecule has 8 heteroatoms. The second-order valence-electron chi connectivity index (χ2n) is 5.86. The molecule has 0 bridgehead atoms. The van der Waals surface area contributed by atoms with Crippen LogP contribution in [0.3, 0.4) is 0 Å². The lowest BCUT2D eigenvalue weighted by Gasteiger charge is -2.15. The molecule has 1 amide bonds. The summed E-state index contributed by atoms with van der Waals surface area (Å²) in [6.45, 7) is 1.52. The van der Waals surface area contributed by atoms with Crippen molar-refractivity contribution in [3.05, 3.63) is 60.2 Å². The van der Waals surface area contributed by atoms with Crippen molar-refractivity contribution in [3.63, 3.8) is 0 Å². The van der Waals surface area contributed by atoms with Crippen molar-refractivity contribution >= 4 is 22.0 Å². The Morgan fingerprint density at radius 3 is 2.22 bits per heavy atom. The van der Waals surface area contributed by atoms with Gasteiger partial charge in [-0.05, 0) is 36.2 Å². The summed E-state index contributed by atoms with van der Waals surface area (Å²) in [5, 5.41) is 2.60. The van der Waals surface area contributed by atoms with Gasteiger partial charge in [0.25, 0.3) is 0 Å². The van der Waals surface area contributed by atoms with E-state index < -0.39 is 22.0 Å². The molecule has 0 saturated heterocycles. The van der Waals surface area contributed by atoms with E-state index in [0.29, 0.717) is 6.42 Å². The molecule has 0 saturated carbocycles. The fourth-order valence-electron chi connectivity index (χ4n) is 2.40. The molecule has 0 spiro atoms. The van der Waals surface area contributed by atoms with Gasteiger partial charge in [-0.2, -0.15) is 8.42 Å². The number of carbonyl (C=O) groups excluding carboxylic acids is 2. The zero-order chi connectivity index (χ0) is 19.9. The highest BCUT2D eigenvalue weighted by molar-refractivity contribution is 7.87. The average Bonchev–Trinajstić information content (AvgIpc) is 2.66. The van der Waals surface area contributed by atoms with E-state index in [1.165, 1.54) is 38.3 Å². The SMILES string of the molecule is COC(=O)C(CNC(C)=O)Cc1ccc(OS(=O)(=O)c2ccccc2)cc1. The fourth-order valence-corrected chi connectivity index (χ4v) is 3.35. The highest BCUT2D eigenvalue weighted by Crippen LogP contribution is 2.20. The van der Waals surface area contributed by atoms with E-state index in [2.05, 4.69) is 5.32 Å². The molecule has 2 aromatic carbocycles. The van der Waals surface area contributed by atoms with Crippen molar-refractivity contribution in [1.82, 2.24) is 5.32 Å². The number of hydrogen-bond donors (Lipinski definition) is 1. The summed E-state index contributed by atoms with van der Waals surface area (Å²) in [5.74, 6) is -1.05. The molecule has 1 unspecified atom stereocenters. The maximum atomic E-state index is 12.2. The monoisotopic (exact) mass is 391 g/mol. The molecule has 0 aromatic heterocycles. The molecule has 144 valence electrons. The summed E-state index contributed by atoms with van der Waals surface area (Å²) in [4.78, 5) is 23.0. The Hall–Kier alpha value is -2.87. The van der Waals surface area contributed by atoms with Crippen LogP contribution in [-0.2, 0) is 30.9 Å². The van der Waals surface area contributed by atoms with Crippen LogP contribution >= 0.6 is 0 Å². The van der Waals surface area contributed by atoms with Crippen molar-refractivity contribution in [1.29, 1.82) is 0 Å². The number of hydrogen-bond acceptors (Lipinski definition) is 6. The molecule has 0 fully saturated rings. The Kier molecular flexibility index (Phi) is 6.95. The standard InChI is InChI=1S/C19H21NO6S/c1-14(21)20-13-16(19(22)25-2)12-15-8-10-17(11-9-15)26-27(23,24)18-6-4-3-5-7-18/h3-11,16H,12-13H2,1-2H3,(H,20,21). The van der Waals surface area contributed by atoms with Crippen LogP contribution in [0.1, 0.15) is 12.5 Å². The molecule has 0 radical (unpaired) electrons. The van der Waals surface area contributed by atoms with Crippen LogP contribution in [0.15, 0.2) is 59.5 Å². The van der Waals surface area contributed by atoms with Crippen LogP contribution in [0.5, 0.6) is 5.75 Å². The number of nitrogens with one attached hydrogen (secondary N) is 1. The van der Waals surface area contributed by atoms with Crippen LogP contribution in [0.2, 0.25) is 0 Å². The lowest BCUT2D eigenvalue weighted by molar-refractivity contribution is -0.145. The zero-order valence-corrected chi connectivity index (χ0v) is 15.9. The first kappa shape index (κ1) is 20.4. The number of methoxy groups -OCH3 is 1. The van der Waals surface area contributed by atoms with Crippen LogP contribution in [-0.4, -0.2) is 33.9 Å². The van der Waals surface area contributed by atoms with Gasteiger partial charge >= 0.3 is 16.1 Å². The maximum Gasteiger partial charge on any atom is 0.339 e. The Morgan fingerprint density at radius 2 is 1.67 bits per heavy atom. The van der Waals surface area contributed by atoms with E-state index in [9.17, 15) is 18.0 Å². The third-order valence-electron chi connectivity index (χ3n) is 3.78. The Bertz CT molecular complexity index is 878. The molecule has 2 aromatic rings. The number of carbonyl (C=O) groups is 2. The fraction of sp³-hybridized carbons (Fsp3) is 0.263. The predicted molar refractivity (Wildman–Crippen MR) is 98.6 cm³/mol. The first-order valence-corrected chi connectivity index (χ1v) is 9.63. The number of benzene rings is 2. The van der Waals surface area contributed by atoms with Gasteiger partial charge < -0.3 is 14.2 Å². The number of ether oxygens (including phenoxy) is 1. The van der Waals surface area contributed by atoms with Crippen LogP contribution in [0.25, 0.3) is 0 Å². The molecule has 1 N–H and O–H groups in total. The van der Waals surface area contributed by atoms with Gasteiger partial charge in [-0.15, -0.1) is 0 Å². The van der Waals surface area contributed by atoms with E-state index in [0.717, 1.165) is 5.56 Å². The summed E-state index contributed by atoms with van der Waals surface area (Å²) < 4.78 is 34.3. The van der Waals surface area contributed by atoms with Crippen molar-refractivity contribution in [2.75, 3.05) is 13.7 Å². The largest absolute Gasteiger partial charge is 0.469 e. The normalized spacial score (nSPS) is 12.1. The van der Waals surface area contributed by atoms with Gasteiger partial charge in [-0.3, -0.25) is 9.59 Å². The van der Waals surface area contributed by atoms with E-state index in [-0.39, 0.29) is 23.1 Å². The quantitative estimate of drug-likeness (QED) is 0.545. The van der Waals surface area contributed by atoms with E-state index >= 15 is 0 Å². The van der Waals surface area contributed by atoms with Crippen molar-refractivity contribution < 1.29 is 26.9 Å². The molecular formula is C19H21NO6S. The second kappa shape index (κ2) is 9.18. The van der Waals surface area contributed by atoms with E-state index in [1.54, 1.807) is 30.3 Å². The maximum absolute atomic E-state index is 12.2. The molecule has 7 nitrogen and oxygen atoms in total. The van der Waals surface area contributed by atoms with Gasteiger partial charge in [0.2, 0.25) is 5.91 Å². The minimum atomic E-state index is -3.91. The van der Waals surface area contributed by atoms with Gasteiger partial charge in [0.15, 0.2) is 0 Å². The first-order chi connectivity index (χ1) is 12.8. The Balaban J connectivity index is 2.07. The number of rotatable bonds is 8. The van der Waals surface area contributed by atoms with Crippen molar-refractivity contribution in [2.45, 2.75) is 18.2 Å². The first-order valence-electron chi connectivity index (χ1n) is 8.22. The van der Waals surface area contributed by atoms with Gasteiger partial charge in [0.1, 0.15) is 10.6 Å². The Morgan fingerprint density at radius 1 is 1.04 bits per heavy atom. The summed E-state index contributed by atoms with van der Waals surface area (Å²) in [6.07, 6.45) is 0.332. The topological polar surface area (TPSA) is 98.8 Å². The summed E-state index contributed by atoms with van der Waals surface area (Å²) in [7, 11) is -2.62. The molecule has 27 heavy (non-hydrogen) atoms. The minimum Gasteiger partial charge on any atom is -0.469 e. The predicted octanol–water partition coefficient (Wildman–Crippen LogP) is 1.92. The minimum absolute atomic E-state index is 0.0649. The molecule has 1 atom stereocenters. The van der Waals surface area contributed by atoms with Crippen molar-refractivity contribution in [2.24, 2.45) is 5.92 Å². The lowest BCUT2D eigenvalue weighted by Crippen LogP contribution is -2.33. The number of esters is 1. The smallest absolute Gasteiger partial charge is 0.339 e. The van der Waals surface area contributed by atoms with E-state index in [1.807, 2.05) is 0 Å². The summed E-state index contributed by atoms with van der Waals surface area (Å²) >= 11 is 0. The third kappa shape index (κ3) is 6.10. The lowest BCUT2D eigenvalue weighted by atomic mass is 9.99. The molecule has 0 aliphatic rings.